The quantitative estimate of drug-likeness (QED) is 0.640. The van der Waals surface area contributed by atoms with Gasteiger partial charge in [0.25, 0.3) is 5.91 Å². The fourth-order valence-corrected chi connectivity index (χ4v) is 4.94. The van der Waals surface area contributed by atoms with E-state index in [4.69, 9.17) is 4.98 Å². The normalized spacial score (nSPS) is 20.1. The zero-order chi connectivity index (χ0) is 21.4. The van der Waals surface area contributed by atoms with Crippen molar-refractivity contribution in [3.8, 4) is 0 Å². The highest BCUT2D eigenvalue weighted by Crippen LogP contribution is 2.38. The largest absolute Gasteiger partial charge is 0.391 e. The average Bonchev–Trinajstić information content (AvgIpc) is 3.44. The molecule has 1 aromatic carbocycles. The van der Waals surface area contributed by atoms with Gasteiger partial charge in [0, 0.05) is 20.0 Å². The maximum atomic E-state index is 13.6. The third-order valence-corrected chi connectivity index (χ3v) is 6.43. The maximum absolute atomic E-state index is 13.6. The lowest BCUT2D eigenvalue weighted by molar-refractivity contribution is -0.137. The first-order valence-electron chi connectivity index (χ1n) is 9.87. The topological polar surface area (TPSA) is 113 Å². The number of hydrogen-bond donors (Lipinski definition) is 2. The van der Waals surface area contributed by atoms with E-state index in [2.05, 4.69) is 15.6 Å². The Hall–Kier alpha value is -2.85. The highest BCUT2D eigenvalue weighted by Gasteiger charge is 2.41. The molecular formula is C20H24N6O3S. The van der Waals surface area contributed by atoms with Crippen molar-refractivity contribution in [3.63, 3.8) is 0 Å². The van der Waals surface area contributed by atoms with Crippen LogP contribution in [0.25, 0.3) is 10.2 Å². The molecule has 158 valence electrons. The SMILES string of the molecule is CNC(=O)c1cn([C@H](C(=O)N2C[C@H](O)C[C@H]2c2nc3ccccc3s2)C(C)C)nn1. The van der Waals surface area contributed by atoms with Gasteiger partial charge in [0.1, 0.15) is 11.0 Å². The third kappa shape index (κ3) is 3.68. The van der Waals surface area contributed by atoms with E-state index >= 15 is 0 Å². The number of aliphatic hydroxyl groups is 1. The van der Waals surface area contributed by atoms with Crippen molar-refractivity contribution in [2.75, 3.05) is 13.6 Å². The zero-order valence-corrected chi connectivity index (χ0v) is 17.8. The van der Waals surface area contributed by atoms with E-state index in [1.165, 1.54) is 17.9 Å². The number of fused-ring (bicyclic) bond motifs is 1. The summed E-state index contributed by atoms with van der Waals surface area (Å²) in [6, 6.07) is 6.90. The van der Waals surface area contributed by atoms with Gasteiger partial charge in [-0.15, -0.1) is 16.4 Å². The Morgan fingerprint density at radius 2 is 2.07 bits per heavy atom. The molecule has 1 saturated heterocycles. The number of β-amino-alcohol motifs (C(OH)–C–C–N with tert-alkyl or cyclic N) is 1. The van der Waals surface area contributed by atoms with Crippen molar-refractivity contribution >= 4 is 33.4 Å². The molecule has 9 nitrogen and oxygen atoms in total. The first-order chi connectivity index (χ1) is 14.4. The Bertz CT molecular complexity index is 1040. The molecule has 3 heterocycles. The summed E-state index contributed by atoms with van der Waals surface area (Å²) in [6.45, 7) is 4.08. The summed E-state index contributed by atoms with van der Waals surface area (Å²) >= 11 is 1.54. The van der Waals surface area contributed by atoms with Crippen molar-refractivity contribution in [3.05, 3.63) is 41.2 Å². The fraction of sp³-hybridized carbons (Fsp3) is 0.450. The second-order valence-electron chi connectivity index (χ2n) is 7.77. The average molecular weight is 429 g/mol. The molecule has 0 radical (unpaired) electrons. The number of carbonyl (C=O) groups is 2. The molecule has 0 unspecified atom stereocenters. The number of likely N-dealkylation sites (tertiary alicyclic amines) is 1. The monoisotopic (exact) mass is 428 g/mol. The Balaban J connectivity index is 1.65. The Labute approximate surface area is 177 Å². The summed E-state index contributed by atoms with van der Waals surface area (Å²) in [6.07, 6.45) is 1.31. The minimum Gasteiger partial charge on any atom is -0.391 e. The number of aromatic nitrogens is 4. The highest BCUT2D eigenvalue weighted by molar-refractivity contribution is 7.18. The molecule has 2 amide bonds. The summed E-state index contributed by atoms with van der Waals surface area (Å²) in [5, 5.41) is 21.6. The predicted molar refractivity (Wildman–Crippen MR) is 112 cm³/mol. The van der Waals surface area contributed by atoms with Crippen LogP contribution in [0.4, 0.5) is 0 Å². The second-order valence-corrected chi connectivity index (χ2v) is 8.83. The molecule has 3 aromatic rings. The summed E-state index contributed by atoms with van der Waals surface area (Å²) in [4.78, 5) is 31.8. The van der Waals surface area contributed by atoms with Crippen molar-refractivity contribution in [1.82, 2.24) is 30.2 Å². The fourth-order valence-electron chi connectivity index (χ4n) is 3.84. The molecule has 1 aliphatic heterocycles. The van der Waals surface area contributed by atoms with Crippen LogP contribution < -0.4 is 5.32 Å². The molecule has 30 heavy (non-hydrogen) atoms. The number of carbonyl (C=O) groups excluding carboxylic acids is 2. The van der Waals surface area contributed by atoms with Gasteiger partial charge in [0.05, 0.1) is 28.6 Å². The number of thiazole rings is 1. The molecule has 3 atom stereocenters. The van der Waals surface area contributed by atoms with Gasteiger partial charge in [0.15, 0.2) is 5.69 Å². The molecule has 4 rings (SSSR count). The number of aliphatic hydroxyl groups excluding tert-OH is 1. The number of benzene rings is 1. The second kappa shape index (κ2) is 8.11. The lowest BCUT2D eigenvalue weighted by Gasteiger charge is -2.29. The van der Waals surface area contributed by atoms with E-state index in [0.717, 1.165) is 15.2 Å². The van der Waals surface area contributed by atoms with E-state index in [-0.39, 0.29) is 36.0 Å². The zero-order valence-electron chi connectivity index (χ0n) is 17.0. The molecule has 2 aromatic heterocycles. The standard InChI is InChI=1S/C20H24N6O3S/c1-11(2)17(26-10-14(23-24-26)18(28)21-3)20(29)25-9-12(27)8-15(25)19-22-13-6-4-5-7-16(13)30-19/h4-7,10-12,15,17,27H,8-9H2,1-3H3,(H,21,28)/t12-,15+,17+/m1/s1. The lowest BCUT2D eigenvalue weighted by Crippen LogP contribution is -2.40. The number of nitrogens with one attached hydrogen (secondary N) is 1. The van der Waals surface area contributed by atoms with Gasteiger partial charge >= 0.3 is 0 Å². The van der Waals surface area contributed by atoms with Crippen LogP contribution in [-0.4, -0.2) is 61.5 Å². The van der Waals surface area contributed by atoms with Crippen LogP contribution in [0.3, 0.4) is 0 Å². The summed E-state index contributed by atoms with van der Waals surface area (Å²) in [5.74, 6) is -0.621. The van der Waals surface area contributed by atoms with Crippen molar-refractivity contribution < 1.29 is 14.7 Å². The van der Waals surface area contributed by atoms with Gasteiger partial charge in [-0.1, -0.05) is 31.2 Å². The van der Waals surface area contributed by atoms with Gasteiger partial charge in [-0.05, 0) is 18.1 Å². The number of nitrogens with zero attached hydrogens (tertiary/aromatic N) is 5. The first-order valence-corrected chi connectivity index (χ1v) is 10.7. The summed E-state index contributed by atoms with van der Waals surface area (Å²) in [5.41, 5.74) is 1.04. The van der Waals surface area contributed by atoms with E-state index < -0.39 is 12.1 Å². The lowest BCUT2D eigenvalue weighted by atomic mass is 10.0. The Morgan fingerprint density at radius 1 is 1.30 bits per heavy atom. The van der Waals surface area contributed by atoms with Gasteiger partial charge in [-0.2, -0.15) is 0 Å². The smallest absolute Gasteiger partial charge is 0.273 e. The van der Waals surface area contributed by atoms with Crippen LogP contribution in [0.15, 0.2) is 30.5 Å². The van der Waals surface area contributed by atoms with E-state index in [1.54, 1.807) is 16.2 Å². The van der Waals surface area contributed by atoms with Crippen molar-refractivity contribution in [2.45, 2.75) is 38.5 Å². The molecule has 0 spiro atoms. The minimum atomic E-state index is -0.641. The Kier molecular flexibility index (Phi) is 5.52. The molecule has 1 aliphatic rings. The molecule has 0 bridgehead atoms. The van der Waals surface area contributed by atoms with Crippen LogP contribution >= 0.6 is 11.3 Å². The van der Waals surface area contributed by atoms with Gasteiger partial charge in [0.2, 0.25) is 5.91 Å². The van der Waals surface area contributed by atoms with Gasteiger partial charge in [-0.25, -0.2) is 9.67 Å². The van der Waals surface area contributed by atoms with Crippen LogP contribution in [0.5, 0.6) is 0 Å². The van der Waals surface area contributed by atoms with Crippen LogP contribution in [0, 0.1) is 5.92 Å². The molecule has 10 heteroatoms. The minimum absolute atomic E-state index is 0.0921. The molecule has 0 saturated carbocycles. The number of amides is 2. The number of hydrogen-bond acceptors (Lipinski definition) is 7. The van der Waals surface area contributed by atoms with Gasteiger partial charge < -0.3 is 15.3 Å². The first kappa shape index (κ1) is 20.4. The van der Waals surface area contributed by atoms with Crippen LogP contribution in [0.2, 0.25) is 0 Å². The third-order valence-electron chi connectivity index (χ3n) is 5.30. The molecule has 0 aliphatic carbocycles. The van der Waals surface area contributed by atoms with Crippen LogP contribution in [-0.2, 0) is 4.79 Å². The van der Waals surface area contributed by atoms with E-state index in [9.17, 15) is 14.7 Å². The molecule has 2 N–H and O–H groups in total. The number of para-hydroxylation sites is 1. The number of rotatable bonds is 5. The van der Waals surface area contributed by atoms with E-state index in [1.807, 2.05) is 38.1 Å². The summed E-state index contributed by atoms with van der Waals surface area (Å²) in [7, 11) is 1.51. The Morgan fingerprint density at radius 3 is 2.77 bits per heavy atom. The summed E-state index contributed by atoms with van der Waals surface area (Å²) < 4.78 is 2.49. The van der Waals surface area contributed by atoms with Crippen molar-refractivity contribution in [2.24, 2.45) is 5.92 Å². The van der Waals surface area contributed by atoms with E-state index in [0.29, 0.717) is 6.42 Å². The maximum Gasteiger partial charge on any atom is 0.273 e. The highest BCUT2D eigenvalue weighted by atomic mass is 32.1. The van der Waals surface area contributed by atoms with Crippen molar-refractivity contribution in [1.29, 1.82) is 0 Å². The van der Waals surface area contributed by atoms with Gasteiger partial charge in [-0.3, -0.25) is 9.59 Å². The molecule has 1 fully saturated rings. The molecular weight excluding hydrogens is 404 g/mol. The predicted octanol–water partition coefficient (Wildman–Crippen LogP) is 1.78. The van der Waals surface area contributed by atoms with Crippen LogP contribution in [0.1, 0.15) is 47.8 Å².